The van der Waals surface area contributed by atoms with E-state index in [1.54, 1.807) is 0 Å². The number of benzene rings is 1. The lowest BCUT2D eigenvalue weighted by molar-refractivity contribution is -0.144. The highest BCUT2D eigenvalue weighted by molar-refractivity contribution is 5.94. The van der Waals surface area contributed by atoms with Crippen LogP contribution in [0.1, 0.15) is 44.6 Å². The van der Waals surface area contributed by atoms with Crippen molar-refractivity contribution in [1.82, 2.24) is 15.5 Å². The molecule has 10 nitrogen and oxygen atoms in total. The summed E-state index contributed by atoms with van der Waals surface area (Å²) in [7, 11) is 0. The third kappa shape index (κ3) is 7.83. The molecule has 3 amide bonds. The fraction of sp³-hybridized carbons (Fsp3) is 0.565. The molecule has 10 heteroatoms. The van der Waals surface area contributed by atoms with Gasteiger partial charge in [-0.2, -0.15) is 0 Å². The number of carbonyl (C=O) groups is 4. The van der Waals surface area contributed by atoms with Gasteiger partial charge in [0.25, 0.3) is 0 Å². The van der Waals surface area contributed by atoms with Crippen molar-refractivity contribution < 1.29 is 24.3 Å². The number of unbranched alkanes of at least 4 members (excludes halogenated alkanes) is 1. The first-order chi connectivity index (χ1) is 15.7. The van der Waals surface area contributed by atoms with Crippen molar-refractivity contribution in [2.24, 2.45) is 11.5 Å². The van der Waals surface area contributed by atoms with E-state index in [1.165, 1.54) is 11.8 Å². The van der Waals surface area contributed by atoms with Gasteiger partial charge in [-0.25, -0.2) is 0 Å². The third-order valence-corrected chi connectivity index (χ3v) is 5.76. The highest BCUT2D eigenvalue weighted by Gasteiger charge is 2.38. The van der Waals surface area contributed by atoms with Gasteiger partial charge in [0, 0.05) is 6.54 Å². The van der Waals surface area contributed by atoms with Crippen LogP contribution in [0.2, 0.25) is 0 Å². The van der Waals surface area contributed by atoms with Gasteiger partial charge >= 0.3 is 5.97 Å². The molecule has 0 bridgehead atoms. The van der Waals surface area contributed by atoms with E-state index in [0.29, 0.717) is 51.6 Å². The highest BCUT2D eigenvalue weighted by Crippen LogP contribution is 2.20. The lowest BCUT2D eigenvalue weighted by Crippen LogP contribution is -2.56. The van der Waals surface area contributed by atoms with Crippen LogP contribution in [-0.4, -0.2) is 71.0 Å². The first-order valence-electron chi connectivity index (χ1n) is 11.4. The van der Waals surface area contributed by atoms with E-state index in [9.17, 15) is 19.2 Å². The Hall–Kier alpha value is -2.98. The number of nitrogens with zero attached hydrogens (tertiary/aromatic N) is 1. The zero-order chi connectivity index (χ0) is 24.4. The molecular weight excluding hydrogens is 426 g/mol. The lowest BCUT2D eigenvalue weighted by Gasteiger charge is -2.29. The van der Waals surface area contributed by atoms with Crippen LogP contribution < -0.4 is 22.1 Å². The van der Waals surface area contributed by atoms with Crippen LogP contribution >= 0.6 is 0 Å². The molecule has 0 radical (unpaired) electrons. The molecule has 1 aromatic rings. The fourth-order valence-corrected chi connectivity index (χ4v) is 3.86. The van der Waals surface area contributed by atoms with E-state index >= 15 is 0 Å². The molecule has 1 aliphatic rings. The second-order valence-electron chi connectivity index (χ2n) is 8.40. The van der Waals surface area contributed by atoms with E-state index in [0.717, 1.165) is 5.56 Å². The molecule has 1 aromatic carbocycles. The number of rotatable bonds is 12. The molecule has 4 atom stereocenters. The van der Waals surface area contributed by atoms with Gasteiger partial charge in [0.15, 0.2) is 0 Å². The molecule has 1 saturated heterocycles. The Kier molecular flexibility index (Phi) is 10.3. The highest BCUT2D eigenvalue weighted by atomic mass is 16.4. The van der Waals surface area contributed by atoms with Gasteiger partial charge < -0.3 is 32.1 Å². The molecule has 1 aliphatic heterocycles. The first kappa shape index (κ1) is 26.3. The average molecular weight is 462 g/mol. The predicted molar refractivity (Wildman–Crippen MR) is 123 cm³/mol. The third-order valence-electron chi connectivity index (χ3n) is 5.76. The van der Waals surface area contributed by atoms with Crippen molar-refractivity contribution in [2.75, 3.05) is 13.1 Å². The van der Waals surface area contributed by atoms with Gasteiger partial charge in [0.05, 0.1) is 6.04 Å². The second kappa shape index (κ2) is 12.9. The molecule has 1 fully saturated rings. The Morgan fingerprint density at radius 1 is 1.15 bits per heavy atom. The average Bonchev–Trinajstić information content (AvgIpc) is 3.28. The maximum Gasteiger partial charge on any atom is 0.325 e. The van der Waals surface area contributed by atoms with Gasteiger partial charge in [-0.15, -0.1) is 0 Å². The van der Waals surface area contributed by atoms with Crippen LogP contribution in [0.3, 0.4) is 0 Å². The molecule has 0 aromatic heterocycles. The zero-order valence-corrected chi connectivity index (χ0v) is 19.0. The Bertz CT molecular complexity index is 819. The summed E-state index contributed by atoms with van der Waals surface area (Å²) in [5.41, 5.74) is 12.6. The predicted octanol–water partition coefficient (Wildman–Crippen LogP) is -0.249. The number of hydrogen-bond donors (Lipinski definition) is 5. The molecule has 0 aliphatic carbocycles. The number of likely N-dealkylation sites (tertiary alicyclic amines) is 1. The maximum atomic E-state index is 13.3. The largest absolute Gasteiger partial charge is 0.480 e. The smallest absolute Gasteiger partial charge is 0.325 e. The SMILES string of the molecule is CC(NC(=O)C1CCCN1C(=O)C(CCCCN)NC(=O)C(N)Cc1ccccc1)C(=O)O. The fourth-order valence-electron chi connectivity index (χ4n) is 3.86. The summed E-state index contributed by atoms with van der Waals surface area (Å²) in [6.07, 6.45) is 3.06. The second-order valence-corrected chi connectivity index (χ2v) is 8.40. The van der Waals surface area contributed by atoms with Crippen LogP contribution in [0.5, 0.6) is 0 Å². The number of amides is 3. The molecule has 2 rings (SSSR count). The molecule has 1 heterocycles. The van der Waals surface area contributed by atoms with Crippen LogP contribution in [0, 0.1) is 0 Å². The summed E-state index contributed by atoms with van der Waals surface area (Å²) in [6, 6.07) is 5.86. The normalized spacial score (nSPS) is 18.3. The standard InChI is InChI=1S/C23H35N5O5/c1-15(23(32)33)26-21(30)19-11-7-13-28(19)22(31)18(10-5-6-12-24)27-20(29)17(25)14-16-8-3-2-4-9-16/h2-4,8-9,15,17-19H,5-7,10-14,24-25H2,1H3,(H,26,30)(H,27,29)(H,32,33). The number of hydrogen-bond acceptors (Lipinski definition) is 6. The quantitative estimate of drug-likeness (QED) is 0.267. The van der Waals surface area contributed by atoms with E-state index in [4.69, 9.17) is 16.6 Å². The van der Waals surface area contributed by atoms with Gasteiger partial charge in [-0.1, -0.05) is 30.3 Å². The number of carboxylic acids is 1. The molecule has 33 heavy (non-hydrogen) atoms. The van der Waals surface area contributed by atoms with Crippen LogP contribution in [0.4, 0.5) is 0 Å². The van der Waals surface area contributed by atoms with Crippen molar-refractivity contribution >= 4 is 23.7 Å². The van der Waals surface area contributed by atoms with Crippen molar-refractivity contribution in [2.45, 2.75) is 69.6 Å². The summed E-state index contributed by atoms with van der Waals surface area (Å²) in [5, 5.41) is 14.2. The minimum absolute atomic E-state index is 0.332. The monoisotopic (exact) mass is 461 g/mol. The van der Waals surface area contributed by atoms with Gasteiger partial charge in [-0.05, 0) is 57.6 Å². The van der Waals surface area contributed by atoms with Crippen molar-refractivity contribution in [3.63, 3.8) is 0 Å². The van der Waals surface area contributed by atoms with E-state index in [-0.39, 0.29) is 5.91 Å². The summed E-state index contributed by atoms with van der Waals surface area (Å²) >= 11 is 0. The molecule has 182 valence electrons. The number of carbonyl (C=O) groups excluding carboxylic acids is 3. The van der Waals surface area contributed by atoms with Crippen molar-refractivity contribution in [3.8, 4) is 0 Å². The van der Waals surface area contributed by atoms with Crippen molar-refractivity contribution in [1.29, 1.82) is 0 Å². The minimum Gasteiger partial charge on any atom is -0.480 e. The number of nitrogens with one attached hydrogen (secondary N) is 2. The van der Waals surface area contributed by atoms with Crippen LogP contribution in [0.25, 0.3) is 0 Å². The number of nitrogens with two attached hydrogens (primary N) is 2. The molecule has 0 saturated carbocycles. The first-order valence-corrected chi connectivity index (χ1v) is 11.4. The summed E-state index contributed by atoms with van der Waals surface area (Å²) in [6.45, 7) is 2.19. The Balaban J connectivity index is 2.07. The summed E-state index contributed by atoms with van der Waals surface area (Å²) in [4.78, 5) is 51.2. The van der Waals surface area contributed by atoms with E-state index < -0.39 is 42.0 Å². The van der Waals surface area contributed by atoms with Gasteiger partial charge in [0.1, 0.15) is 18.1 Å². The van der Waals surface area contributed by atoms with E-state index in [2.05, 4.69) is 10.6 Å². The maximum absolute atomic E-state index is 13.3. The van der Waals surface area contributed by atoms with Crippen molar-refractivity contribution in [3.05, 3.63) is 35.9 Å². The molecule has 0 spiro atoms. The summed E-state index contributed by atoms with van der Waals surface area (Å²) < 4.78 is 0. The Morgan fingerprint density at radius 2 is 1.85 bits per heavy atom. The van der Waals surface area contributed by atoms with Crippen LogP contribution in [-0.2, 0) is 25.6 Å². The Labute approximate surface area is 194 Å². The topological polar surface area (TPSA) is 168 Å². The molecule has 4 unspecified atom stereocenters. The molecule has 7 N–H and O–H groups in total. The minimum atomic E-state index is -1.15. The van der Waals surface area contributed by atoms with Gasteiger partial charge in [0.2, 0.25) is 17.7 Å². The zero-order valence-electron chi connectivity index (χ0n) is 19.0. The Morgan fingerprint density at radius 3 is 2.48 bits per heavy atom. The number of carboxylic acid groups (broad SMARTS) is 1. The molecular formula is C23H35N5O5. The van der Waals surface area contributed by atoms with E-state index in [1.807, 2.05) is 30.3 Å². The lowest BCUT2D eigenvalue weighted by atomic mass is 10.0. The number of aliphatic carboxylic acids is 1. The van der Waals surface area contributed by atoms with Gasteiger partial charge in [-0.3, -0.25) is 19.2 Å². The van der Waals surface area contributed by atoms with Crippen LogP contribution in [0.15, 0.2) is 30.3 Å². The summed E-state index contributed by atoms with van der Waals surface area (Å²) in [5.74, 6) is -2.47.